The van der Waals surface area contributed by atoms with Crippen LogP contribution in [0.15, 0.2) is 54.6 Å². The number of cyclic esters (lactones) is 2. The fourth-order valence-electron chi connectivity index (χ4n) is 4.61. The molecule has 1 saturated heterocycles. The number of esters is 4. The second-order valence-electron chi connectivity index (χ2n) is 8.78. The highest BCUT2D eigenvalue weighted by atomic mass is 16.6. The molecule has 2 fully saturated rings. The number of carbonyl (C=O) groups excluding carboxylic acids is 4. The van der Waals surface area contributed by atoms with E-state index in [-0.39, 0.29) is 17.0 Å². The summed E-state index contributed by atoms with van der Waals surface area (Å²) in [5.41, 5.74) is 0.589. The third-order valence-corrected chi connectivity index (χ3v) is 6.49. The van der Waals surface area contributed by atoms with Crippen molar-refractivity contribution in [2.24, 2.45) is 11.8 Å². The van der Waals surface area contributed by atoms with Gasteiger partial charge in [0.1, 0.15) is 0 Å². The highest BCUT2D eigenvalue weighted by molar-refractivity contribution is 5.97. The highest BCUT2D eigenvalue weighted by Gasteiger charge is 2.48. The normalized spacial score (nSPS) is 22.2. The Morgan fingerprint density at radius 1 is 0.757 bits per heavy atom. The fourth-order valence-corrected chi connectivity index (χ4v) is 4.61. The zero-order chi connectivity index (χ0) is 26.7. The van der Waals surface area contributed by atoms with Gasteiger partial charge in [-0.3, -0.25) is 9.59 Å². The van der Waals surface area contributed by atoms with Gasteiger partial charge in [0.15, 0.2) is 0 Å². The molecule has 1 heterocycles. The molecule has 0 amide bonds. The van der Waals surface area contributed by atoms with Crippen molar-refractivity contribution in [3.05, 3.63) is 71.3 Å². The Labute approximate surface area is 209 Å². The van der Waals surface area contributed by atoms with Gasteiger partial charge >= 0.3 is 35.8 Å². The molecule has 2 aromatic rings. The van der Waals surface area contributed by atoms with Crippen LogP contribution in [0.2, 0.25) is 0 Å². The standard InChI is InChI=1S/C26H22O11/c27-21(28)19(35-23(31)13-5-2-1-3-6-13)20(22(29)30)36-24(32)16-8-4-7-14(11-16)15-9-10-17-18(12-15)26(34)37-25(17)33/h1-8,11,15,17-20H,9-10,12H2,(H,27,28)(H,29,30)/t15?,17-,18-,19-,20+/m1/s1. The Balaban J connectivity index is 1.49. The summed E-state index contributed by atoms with van der Waals surface area (Å²) in [7, 11) is 0. The molecule has 1 unspecified atom stereocenters. The molecule has 2 aromatic carbocycles. The maximum atomic E-state index is 12.8. The molecule has 0 aromatic heterocycles. The molecule has 5 atom stereocenters. The molecule has 37 heavy (non-hydrogen) atoms. The first-order chi connectivity index (χ1) is 17.7. The predicted octanol–water partition coefficient (Wildman–Crippen LogP) is 2.19. The summed E-state index contributed by atoms with van der Waals surface area (Å²) < 4.78 is 14.6. The van der Waals surface area contributed by atoms with E-state index >= 15 is 0 Å². The molecule has 2 aliphatic rings. The average Bonchev–Trinajstić information content (AvgIpc) is 3.18. The molecule has 0 bridgehead atoms. The first-order valence-electron chi connectivity index (χ1n) is 11.4. The molecule has 11 heteroatoms. The molecule has 1 aliphatic carbocycles. The van der Waals surface area contributed by atoms with Crippen molar-refractivity contribution in [3.63, 3.8) is 0 Å². The highest BCUT2D eigenvalue weighted by Crippen LogP contribution is 2.43. The Kier molecular flexibility index (Phi) is 7.32. The zero-order valence-corrected chi connectivity index (χ0v) is 19.3. The van der Waals surface area contributed by atoms with Crippen LogP contribution in [-0.2, 0) is 33.4 Å². The summed E-state index contributed by atoms with van der Waals surface area (Å²) in [4.78, 5) is 72.4. The number of carbonyl (C=O) groups is 6. The number of rotatable bonds is 8. The monoisotopic (exact) mass is 510 g/mol. The first kappa shape index (κ1) is 25.5. The quantitative estimate of drug-likeness (QED) is 0.303. The summed E-state index contributed by atoms with van der Waals surface area (Å²) in [5.74, 6) is -8.16. The largest absolute Gasteiger partial charge is 0.478 e. The second-order valence-corrected chi connectivity index (χ2v) is 8.78. The van der Waals surface area contributed by atoms with Crippen LogP contribution in [0, 0.1) is 11.8 Å². The zero-order valence-electron chi connectivity index (χ0n) is 19.3. The summed E-state index contributed by atoms with van der Waals surface area (Å²) in [6.07, 6.45) is -3.27. The summed E-state index contributed by atoms with van der Waals surface area (Å²) >= 11 is 0. The number of hydrogen-bond donors (Lipinski definition) is 2. The first-order valence-corrected chi connectivity index (χ1v) is 11.4. The van der Waals surface area contributed by atoms with Crippen molar-refractivity contribution in [3.8, 4) is 0 Å². The number of carboxylic acids is 2. The maximum absolute atomic E-state index is 12.8. The Bertz CT molecular complexity index is 1250. The van der Waals surface area contributed by atoms with E-state index in [4.69, 9.17) is 14.2 Å². The van der Waals surface area contributed by atoms with Gasteiger partial charge in [-0.1, -0.05) is 30.3 Å². The van der Waals surface area contributed by atoms with E-state index in [0.29, 0.717) is 24.8 Å². The van der Waals surface area contributed by atoms with Gasteiger partial charge in [-0.15, -0.1) is 0 Å². The molecule has 11 nitrogen and oxygen atoms in total. The molecular formula is C26H22O11. The molecule has 192 valence electrons. The van der Waals surface area contributed by atoms with Crippen LogP contribution < -0.4 is 0 Å². The van der Waals surface area contributed by atoms with Crippen LogP contribution in [-0.4, -0.2) is 58.2 Å². The van der Waals surface area contributed by atoms with Crippen molar-refractivity contribution in [2.75, 3.05) is 0 Å². The van der Waals surface area contributed by atoms with E-state index in [1.165, 1.54) is 42.5 Å². The molecule has 4 rings (SSSR count). The lowest BCUT2D eigenvalue weighted by molar-refractivity contribution is -0.166. The average molecular weight is 510 g/mol. The summed E-state index contributed by atoms with van der Waals surface area (Å²) in [5, 5.41) is 19.1. The van der Waals surface area contributed by atoms with E-state index in [9.17, 15) is 39.0 Å². The van der Waals surface area contributed by atoms with Gasteiger partial charge in [0.05, 0.1) is 23.0 Å². The van der Waals surface area contributed by atoms with Crippen LogP contribution in [0.1, 0.15) is 51.5 Å². The molecule has 0 radical (unpaired) electrons. The number of hydrogen-bond acceptors (Lipinski definition) is 9. The molecule has 2 N–H and O–H groups in total. The fraction of sp³-hybridized carbons (Fsp3) is 0.308. The van der Waals surface area contributed by atoms with E-state index in [1.54, 1.807) is 12.1 Å². The third-order valence-electron chi connectivity index (χ3n) is 6.49. The van der Waals surface area contributed by atoms with E-state index < -0.39 is 59.9 Å². The maximum Gasteiger partial charge on any atom is 0.349 e. The van der Waals surface area contributed by atoms with Crippen molar-refractivity contribution >= 4 is 35.8 Å². The predicted molar refractivity (Wildman–Crippen MR) is 121 cm³/mol. The smallest absolute Gasteiger partial charge is 0.349 e. The van der Waals surface area contributed by atoms with Gasteiger partial charge < -0.3 is 24.4 Å². The number of aliphatic carboxylic acids is 2. The number of fused-ring (bicyclic) bond motifs is 1. The molecular weight excluding hydrogens is 488 g/mol. The Hall–Kier alpha value is -4.54. The van der Waals surface area contributed by atoms with Gasteiger partial charge in [-0.25, -0.2) is 19.2 Å². The van der Waals surface area contributed by atoms with Gasteiger partial charge in [0.2, 0.25) is 12.2 Å². The van der Waals surface area contributed by atoms with Crippen LogP contribution in [0.25, 0.3) is 0 Å². The minimum absolute atomic E-state index is 0.0144. The number of benzene rings is 2. The van der Waals surface area contributed by atoms with Crippen molar-refractivity contribution in [2.45, 2.75) is 37.4 Å². The van der Waals surface area contributed by atoms with Gasteiger partial charge in [-0.2, -0.15) is 0 Å². The lowest BCUT2D eigenvalue weighted by Crippen LogP contribution is -2.45. The lowest BCUT2D eigenvalue weighted by atomic mass is 9.73. The Morgan fingerprint density at radius 2 is 1.32 bits per heavy atom. The third kappa shape index (κ3) is 5.50. The number of ether oxygens (including phenoxy) is 3. The van der Waals surface area contributed by atoms with Crippen LogP contribution in [0.5, 0.6) is 0 Å². The van der Waals surface area contributed by atoms with E-state index in [2.05, 4.69) is 0 Å². The summed E-state index contributed by atoms with van der Waals surface area (Å²) in [6, 6.07) is 13.4. The lowest BCUT2D eigenvalue weighted by Gasteiger charge is -2.28. The SMILES string of the molecule is O=C(O[C@H](C(=O)O)[C@@H](OC(=O)c1ccccc1)C(=O)O)c1cccc(C2CC[C@H]3C(=O)OC(=O)[C@@H]3C2)c1. The van der Waals surface area contributed by atoms with Crippen molar-refractivity contribution in [1.82, 2.24) is 0 Å². The van der Waals surface area contributed by atoms with Crippen molar-refractivity contribution in [1.29, 1.82) is 0 Å². The van der Waals surface area contributed by atoms with Crippen LogP contribution >= 0.6 is 0 Å². The van der Waals surface area contributed by atoms with Crippen LogP contribution in [0.4, 0.5) is 0 Å². The van der Waals surface area contributed by atoms with Gasteiger partial charge in [0, 0.05) is 0 Å². The summed E-state index contributed by atoms with van der Waals surface area (Å²) in [6.45, 7) is 0. The van der Waals surface area contributed by atoms with Crippen LogP contribution in [0.3, 0.4) is 0 Å². The molecule has 1 aliphatic heterocycles. The Morgan fingerprint density at radius 3 is 1.95 bits per heavy atom. The number of carboxylic acid groups (broad SMARTS) is 2. The van der Waals surface area contributed by atoms with Gasteiger partial charge in [-0.05, 0) is 55.0 Å². The minimum atomic E-state index is -2.32. The molecule has 0 spiro atoms. The van der Waals surface area contributed by atoms with Gasteiger partial charge in [0.25, 0.3) is 0 Å². The minimum Gasteiger partial charge on any atom is -0.478 e. The second kappa shape index (κ2) is 10.6. The van der Waals surface area contributed by atoms with E-state index in [1.807, 2.05) is 0 Å². The van der Waals surface area contributed by atoms with E-state index in [0.717, 1.165) is 0 Å². The van der Waals surface area contributed by atoms with Crippen molar-refractivity contribution < 1.29 is 53.2 Å². The topological polar surface area (TPSA) is 171 Å². The molecule has 1 saturated carbocycles.